The fourth-order valence-electron chi connectivity index (χ4n) is 1.81. The van der Waals surface area contributed by atoms with Gasteiger partial charge in [0, 0.05) is 12.7 Å². The van der Waals surface area contributed by atoms with Crippen LogP contribution in [-0.4, -0.2) is 12.6 Å². The van der Waals surface area contributed by atoms with E-state index in [9.17, 15) is 0 Å². The Morgan fingerprint density at radius 3 is 2.86 bits per heavy atom. The Kier molecular flexibility index (Phi) is 2.14. The van der Waals surface area contributed by atoms with E-state index >= 15 is 0 Å². The summed E-state index contributed by atoms with van der Waals surface area (Å²) in [6, 6.07) is 6.28. The number of benzene rings is 1. The molecule has 1 aromatic carbocycles. The van der Waals surface area contributed by atoms with Crippen LogP contribution in [0, 0.1) is 0 Å². The second kappa shape index (κ2) is 3.19. The van der Waals surface area contributed by atoms with Gasteiger partial charge in [0.15, 0.2) is 0 Å². The lowest BCUT2D eigenvalue weighted by atomic mass is 9.94. The van der Waals surface area contributed by atoms with Gasteiger partial charge in [-0.15, -0.1) is 0 Å². The van der Waals surface area contributed by atoms with Crippen molar-refractivity contribution in [1.82, 2.24) is 0 Å². The molecule has 0 spiro atoms. The fourth-order valence-corrected chi connectivity index (χ4v) is 1.81. The van der Waals surface area contributed by atoms with Gasteiger partial charge in [0.25, 0.3) is 0 Å². The van der Waals surface area contributed by atoms with E-state index in [2.05, 4.69) is 37.4 Å². The van der Waals surface area contributed by atoms with Crippen LogP contribution in [0.2, 0.25) is 0 Å². The Labute approximate surface area is 85.3 Å². The van der Waals surface area contributed by atoms with E-state index in [0.29, 0.717) is 0 Å². The third-order valence-corrected chi connectivity index (χ3v) is 2.73. The number of hydrogen-bond acceptors (Lipinski definition) is 2. The van der Waals surface area contributed by atoms with Gasteiger partial charge in [0.05, 0.1) is 0 Å². The Morgan fingerprint density at radius 1 is 1.36 bits per heavy atom. The molecule has 1 aliphatic rings. The molecule has 0 bridgehead atoms. The largest absolute Gasteiger partial charge is 0.488 e. The number of ether oxygens (including phenoxy) is 1. The van der Waals surface area contributed by atoms with E-state index in [1.54, 1.807) is 0 Å². The maximum Gasteiger partial charge on any atom is 0.123 e. The molecule has 0 unspecified atom stereocenters. The minimum Gasteiger partial charge on any atom is -0.488 e. The topological polar surface area (TPSA) is 21.3 Å². The summed E-state index contributed by atoms with van der Waals surface area (Å²) in [5.41, 5.74) is 2.47. The standard InChI is InChI=1S/C12H17NO/c1-12(2)7-6-9-8-10(13-3)4-5-11(9)14-12/h4-5,8,13H,6-7H2,1-3H3. The number of fused-ring (bicyclic) bond motifs is 1. The van der Waals surface area contributed by atoms with Crippen LogP contribution < -0.4 is 10.1 Å². The Hall–Kier alpha value is -1.18. The summed E-state index contributed by atoms with van der Waals surface area (Å²) < 4.78 is 5.89. The third kappa shape index (κ3) is 1.69. The van der Waals surface area contributed by atoms with Crippen molar-refractivity contribution < 1.29 is 4.74 Å². The highest BCUT2D eigenvalue weighted by Gasteiger charge is 2.26. The molecule has 1 aromatic rings. The first kappa shape index (κ1) is 9.38. The molecule has 2 heteroatoms. The molecule has 0 amide bonds. The monoisotopic (exact) mass is 191 g/mol. The molecule has 2 nitrogen and oxygen atoms in total. The Morgan fingerprint density at radius 2 is 2.14 bits per heavy atom. The van der Waals surface area contributed by atoms with Crippen LogP contribution in [0.1, 0.15) is 25.8 Å². The quantitative estimate of drug-likeness (QED) is 0.737. The van der Waals surface area contributed by atoms with Crippen molar-refractivity contribution in [2.75, 3.05) is 12.4 Å². The molecule has 0 atom stereocenters. The molecule has 0 radical (unpaired) electrons. The fraction of sp³-hybridized carbons (Fsp3) is 0.500. The molecule has 1 N–H and O–H groups in total. The highest BCUT2D eigenvalue weighted by molar-refractivity contribution is 5.51. The summed E-state index contributed by atoms with van der Waals surface area (Å²) in [7, 11) is 1.94. The smallest absolute Gasteiger partial charge is 0.123 e. The summed E-state index contributed by atoms with van der Waals surface area (Å²) in [6.07, 6.45) is 2.20. The average molecular weight is 191 g/mol. The zero-order chi connectivity index (χ0) is 10.2. The third-order valence-electron chi connectivity index (χ3n) is 2.73. The lowest BCUT2D eigenvalue weighted by molar-refractivity contribution is 0.0847. The van der Waals surface area contributed by atoms with Crippen LogP contribution in [0.4, 0.5) is 5.69 Å². The van der Waals surface area contributed by atoms with Crippen molar-refractivity contribution in [2.24, 2.45) is 0 Å². The zero-order valence-corrected chi connectivity index (χ0v) is 9.05. The molecule has 14 heavy (non-hydrogen) atoms. The summed E-state index contributed by atoms with van der Waals surface area (Å²) in [5.74, 6) is 1.04. The van der Waals surface area contributed by atoms with Crippen molar-refractivity contribution in [3.8, 4) is 5.75 Å². The van der Waals surface area contributed by atoms with E-state index in [4.69, 9.17) is 4.74 Å². The first-order valence-corrected chi connectivity index (χ1v) is 5.10. The number of hydrogen-bond donors (Lipinski definition) is 1. The Bertz CT molecular complexity index is 344. The van der Waals surface area contributed by atoms with E-state index in [1.165, 1.54) is 5.56 Å². The summed E-state index contributed by atoms with van der Waals surface area (Å²) in [6.45, 7) is 4.28. The van der Waals surface area contributed by atoms with Gasteiger partial charge in [0.2, 0.25) is 0 Å². The van der Waals surface area contributed by atoms with Crippen molar-refractivity contribution >= 4 is 5.69 Å². The molecule has 2 rings (SSSR count). The molecule has 0 aliphatic carbocycles. The van der Waals surface area contributed by atoms with Gasteiger partial charge < -0.3 is 10.1 Å². The van der Waals surface area contributed by atoms with Crippen LogP contribution in [0.25, 0.3) is 0 Å². The molecular weight excluding hydrogens is 174 g/mol. The van der Waals surface area contributed by atoms with Crippen LogP contribution in [0.5, 0.6) is 5.75 Å². The van der Waals surface area contributed by atoms with E-state index in [-0.39, 0.29) is 5.60 Å². The minimum atomic E-state index is -0.00579. The summed E-state index contributed by atoms with van der Waals surface area (Å²) in [4.78, 5) is 0. The molecule has 0 saturated carbocycles. The maximum absolute atomic E-state index is 5.89. The van der Waals surface area contributed by atoms with Crippen LogP contribution >= 0.6 is 0 Å². The van der Waals surface area contributed by atoms with Gasteiger partial charge in [-0.3, -0.25) is 0 Å². The van der Waals surface area contributed by atoms with Crippen molar-refractivity contribution in [2.45, 2.75) is 32.3 Å². The molecule has 1 aliphatic heterocycles. The highest BCUT2D eigenvalue weighted by atomic mass is 16.5. The van der Waals surface area contributed by atoms with Crippen molar-refractivity contribution in [3.05, 3.63) is 23.8 Å². The van der Waals surface area contributed by atoms with Crippen molar-refractivity contribution in [3.63, 3.8) is 0 Å². The van der Waals surface area contributed by atoms with Gasteiger partial charge in [-0.25, -0.2) is 0 Å². The summed E-state index contributed by atoms with van der Waals surface area (Å²) in [5, 5.41) is 3.14. The molecule has 76 valence electrons. The van der Waals surface area contributed by atoms with Crippen LogP contribution in [-0.2, 0) is 6.42 Å². The van der Waals surface area contributed by atoms with Crippen LogP contribution in [0.15, 0.2) is 18.2 Å². The first-order valence-electron chi connectivity index (χ1n) is 5.10. The molecule has 0 fully saturated rings. The second-order valence-corrected chi connectivity index (χ2v) is 4.43. The van der Waals surface area contributed by atoms with Gasteiger partial charge in [-0.2, -0.15) is 0 Å². The zero-order valence-electron chi connectivity index (χ0n) is 9.05. The first-order chi connectivity index (χ1) is 6.61. The van der Waals surface area contributed by atoms with Gasteiger partial charge in [0.1, 0.15) is 11.4 Å². The SMILES string of the molecule is CNc1ccc2c(c1)CCC(C)(C)O2. The van der Waals surface area contributed by atoms with Crippen LogP contribution in [0.3, 0.4) is 0 Å². The van der Waals surface area contributed by atoms with E-state index < -0.39 is 0 Å². The average Bonchev–Trinajstić information content (AvgIpc) is 2.16. The predicted molar refractivity (Wildman–Crippen MR) is 59.0 cm³/mol. The molecule has 0 aromatic heterocycles. The van der Waals surface area contributed by atoms with Gasteiger partial charge in [-0.1, -0.05) is 0 Å². The van der Waals surface area contributed by atoms with Gasteiger partial charge >= 0.3 is 0 Å². The number of aryl methyl sites for hydroxylation is 1. The second-order valence-electron chi connectivity index (χ2n) is 4.43. The highest BCUT2D eigenvalue weighted by Crippen LogP contribution is 2.34. The molecule has 1 heterocycles. The normalized spacial score (nSPS) is 18.2. The Balaban J connectivity index is 2.32. The maximum atomic E-state index is 5.89. The van der Waals surface area contributed by atoms with Gasteiger partial charge in [-0.05, 0) is 50.5 Å². The van der Waals surface area contributed by atoms with E-state index in [1.807, 2.05) is 7.05 Å². The minimum absolute atomic E-state index is 0.00579. The number of rotatable bonds is 1. The predicted octanol–water partition coefficient (Wildman–Crippen LogP) is 2.83. The number of nitrogens with one attached hydrogen (secondary N) is 1. The lowest BCUT2D eigenvalue weighted by Gasteiger charge is -2.32. The summed E-state index contributed by atoms with van der Waals surface area (Å²) >= 11 is 0. The van der Waals surface area contributed by atoms with E-state index in [0.717, 1.165) is 24.3 Å². The molecular formula is C12H17NO. The molecule has 0 saturated heterocycles. The lowest BCUT2D eigenvalue weighted by Crippen LogP contribution is -2.32. The van der Waals surface area contributed by atoms with Crippen molar-refractivity contribution in [1.29, 1.82) is 0 Å². The number of anilines is 1.